The molecule has 4 nitrogen and oxygen atoms in total. The first-order valence-corrected chi connectivity index (χ1v) is 7.92. The Morgan fingerprint density at radius 1 is 1.28 bits per heavy atom. The average molecular weight is 428 g/mol. The van der Waals surface area contributed by atoms with Crippen LogP contribution >= 0.6 is 15.9 Å². The van der Waals surface area contributed by atoms with Crippen molar-refractivity contribution in [1.82, 2.24) is 14.5 Å². The third-order valence-electron chi connectivity index (χ3n) is 3.24. The highest BCUT2D eigenvalue weighted by Crippen LogP contribution is 2.26. The minimum atomic E-state index is -4.35. The van der Waals surface area contributed by atoms with Crippen molar-refractivity contribution in [3.05, 3.63) is 46.5 Å². The molecule has 0 N–H and O–H groups in total. The van der Waals surface area contributed by atoms with E-state index in [1.54, 1.807) is 24.1 Å². The molecule has 2 aromatic rings. The summed E-state index contributed by atoms with van der Waals surface area (Å²) in [5.41, 5.74) is 0.478. The van der Waals surface area contributed by atoms with Gasteiger partial charge in [-0.2, -0.15) is 22.0 Å². The fourth-order valence-corrected chi connectivity index (χ4v) is 2.71. The van der Waals surface area contributed by atoms with Crippen molar-refractivity contribution in [3.63, 3.8) is 0 Å². The van der Waals surface area contributed by atoms with E-state index in [4.69, 9.17) is 0 Å². The Morgan fingerprint density at radius 3 is 2.64 bits per heavy atom. The second-order valence-corrected chi connectivity index (χ2v) is 6.31. The van der Waals surface area contributed by atoms with Crippen LogP contribution in [0.1, 0.15) is 11.4 Å². The van der Waals surface area contributed by atoms with Gasteiger partial charge >= 0.3 is 12.8 Å². The zero-order chi connectivity index (χ0) is 18.6. The van der Waals surface area contributed by atoms with Crippen LogP contribution in [-0.4, -0.2) is 34.3 Å². The van der Waals surface area contributed by atoms with E-state index in [0.717, 1.165) is 4.57 Å². The Kier molecular flexibility index (Phi) is 6.39. The van der Waals surface area contributed by atoms with Gasteiger partial charge in [-0.1, -0.05) is 15.9 Å². The molecule has 0 aliphatic carbocycles. The van der Waals surface area contributed by atoms with Crippen molar-refractivity contribution in [2.45, 2.75) is 32.4 Å². The highest BCUT2D eigenvalue weighted by Gasteiger charge is 2.29. The highest BCUT2D eigenvalue weighted by atomic mass is 79.9. The molecular weight excluding hydrogens is 413 g/mol. The Bertz CT molecular complexity index is 705. The first-order valence-electron chi connectivity index (χ1n) is 7.12. The molecule has 1 aromatic heterocycles. The van der Waals surface area contributed by atoms with Crippen LogP contribution in [0, 0.1) is 0 Å². The van der Waals surface area contributed by atoms with Gasteiger partial charge in [0.2, 0.25) is 0 Å². The Morgan fingerprint density at radius 2 is 2.00 bits per heavy atom. The number of rotatable bonds is 7. The van der Waals surface area contributed by atoms with Crippen molar-refractivity contribution in [2.75, 3.05) is 7.05 Å². The molecule has 1 heterocycles. The lowest BCUT2D eigenvalue weighted by atomic mass is 10.2. The normalized spacial score (nSPS) is 12.2. The molecule has 0 aliphatic rings. The molecule has 0 aliphatic heterocycles. The van der Waals surface area contributed by atoms with Crippen LogP contribution in [0.3, 0.4) is 0 Å². The van der Waals surface area contributed by atoms with E-state index >= 15 is 0 Å². The van der Waals surface area contributed by atoms with E-state index in [9.17, 15) is 22.0 Å². The standard InChI is InChI=1S/C15H15BrF5N3O/c1-23(8-13-22-4-5-24(13)9-15(19,20)21)7-10-6-11(16)2-3-12(10)25-14(17)18/h2-6,14H,7-9H2,1H3. The number of hydrogen-bond acceptors (Lipinski definition) is 3. The van der Waals surface area contributed by atoms with E-state index in [2.05, 4.69) is 25.7 Å². The lowest BCUT2D eigenvalue weighted by molar-refractivity contribution is -0.141. The number of nitrogens with zero attached hydrogens (tertiary/aromatic N) is 3. The maximum atomic E-state index is 12.5. The molecular formula is C15H15BrF5N3O. The maximum absolute atomic E-state index is 12.5. The molecule has 0 atom stereocenters. The second-order valence-electron chi connectivity index (χ2n) is 5.39. The molecule has 0 saturated heterocycles. The average Bonchev–Trinajstić information content (AvgIpc) is 2.86. The summed E-state index contributed by atoms with van der Waals surface area (Å²) in [4.78, 5) is 5.59. The van der Waals surface area contributed by atoms with Gasteiger partial charge in [0, 0.05) is 29.0 Å². The highest BCUT2D eigenvalue weighted by molar-refractivity contribution is 9.10. The number of imidazole rings is 1. The molecule has 0 radical (unpaired) electrons. The quantitative estimate of drug-likeness (QED) is 0.611. The van der Waals surface area contributed by atoms with E-state index in [1.807, 2.05) is 0 Å². The summed E-state index contributed by atoms with van der Waals surface area (Å²) in [5.74, 6) is 0.245. The maximum Gasteiger partial charge on any atom is 0.406 e. The van der Waals surface area contributed by atoms with Crippen LogP contribution in [0.25, 0.3) is 0 Å². The lowest BCUT2D eigenvalue weighted by Crippen LogP contribution is -2.24. The Labute approximate surface area is 149 Å². The molecule has 0 saturated carbocycles. The number of hydrogen-bond donors (Lipinski definition) is 0. The monoisotopic (exact) mass is 427 g/mol. The third kappa shape index (κ3) is 6.28. The molecule has 25 heavy (non-hydrogen) atoms. The summed E-state index contributed by atoms with van der Waals surface area (Å²) in [6, 6.07) is 4.59. The minimum Gasteiger partial charge on any atom is -0.434 e. The predicted octanol–water partition coefficient (Wildman–Crippen LogP) is 4.44. The van der Waals surface area contributed by atoms with Crippen molar-refractivity contribution >= 4 is 15.9 Å². The first kappa shape index (κ1) is 19.6. The summed E-state index contributed by atoms with van der Waals surface area (Å²) in [6.07, 6.45) is -1.81. The summed E-state index contributed by atoms with van der Waals surface area (Å²) >= 11 is 3.25. The van der Waals surface area contributed by atoms with Crippen molar-refractivity contribution in [1.29, 1.82) is 0 Å². The van der Waals surface area contributed by atoms with Gasteiger partial charge in [0.15, 0.2) is 0 Å². The summed E-state index contributed by atoms with van der Waals surface area (Å²) < 4.78 is 68.8. The largest absolute Gasteiger partial charge is 0.434 e. The third-order valence-corrected chi connectivity index (χ3v) is 3.73. The number of halogens is 6. The van der Waals surface area contributed by atoms with Crippen LogP contribution in [0.5, 0.6) is 5.75 Å². The van der Waals surface area contributed by atoms with Crippen molar-refractivity contribution < 1.29 is 26.7 Å². The summed E-state index contributed by atoms with van der Waals surface area (Å²) in [6.45, 7) is -3.78. The van der Waals surface area contributed by atoms with Crippen molar-refractivity contribution in [2.24, 2.45) is 0 Å². The zero-order valence-electron chi connectivity index (χ0n) is 13.1. The summed E-state index contributed by atoms with van der Waals surface area (Å²) in [7, 11) is 1.65. The van der Waals surface area contributed by atoms with Gasteiger partial charge in [0.25, 0.3) is 0 Å². The van der Waals surface area contributed by atoms with Gasteiger partial charge in [0.05, 0.1) is 6.54 Å². The van der Waals surface area contributed by atoms with Gasteiger partial charge in [-0.05, 0) is 25.2 Å². The second kappa shape index (κ2) is 8.13. The smallest absolute Gasteiger partial charge is 0.406 e. The van der Waals surface area contributed by atoms with Gasteiger partial charge in [-0.25, -0.2) is 4.98 Å². The Balaban J connectivity index is 2.10. The van der Waals surface area contributed by atoms with Gasteiger partial charge in [-0.3, -0.25) is 4.90 Å². The van der Waals surface area contributed by atoms with E-state index < -0.39 is 19.3 Å². The molecule has 2 rings (SSSR count). The number of benzene rings is 1. The van der Waals surface area contributed by atoms with Crippen molar-refractivity contribution in [3.8, 4) is 5.75 Å². The molecule has 10 heteroatoms. The van der Waals surface area contributed by atoms with Crippen LogP contribution in [0.4, 0.5) is 22.0 Å². The molecule has 138 valence electrons. The molecule has 0 unspecified atom stereocenters. The van der Waals surface area contributed by atoms with Gasteiger partial charge in [0.1, 0.15) is 18.1 Å². The summed E-state index contributed by atoms with van der Waals surface area (Å²) in [5, 5.41) is 0. The number of ether oxygens (including phenoxy) is 1. The Hall–Kier alpha value is -1.68. The van der Waals surface area contributed by atoms with E-state index in [0.29, 0.717) is 10.0 Å². The van der Waals surface area contributed by atoms with Gasteiger partial charge < -0.3 is 9.30 Å². The molecule has 1 aromatic carbocycles. The fraction of sp³-hybridized carbons (Fsp3) is 0.400. The van der Waals surface area contributed by atoms with E-state index in [1.165, 1.54) is 18.5 Å². The molecule has 0 spiro atoms. The molecule has 0 fully saturated rings. The topological polar surface area (TPSA) is 30.3 Å². The van der Waals surface area contributed by atoms with Crippen LogP contribution in [-0.2, 0) is 19.6 Å². The van der Waals surface area contributed by atoms with Gasteiger partial charge in [-0.15, -0.1) is 0 Å². The molecule has 0 amide bonds. The van der Waals surface area contributed by atoms with Crippen LogP contribution < -0.4 is 4.74 Å². The van der Waals surface area contributed by atoms with E-state index in [-0.39, 0.29) is 24.7 Å². The number of aromatic nitrogens is 2. The van der Waals surface area contributed by atoms with Crippen LogP contribution in [0.2, 0.25) is 0 Å². The molecule has 0 bridgehead atoms. The fourth-order valence-electron chi connectivity index (χ4n) is 2.30. The zero-order valence-corrected chi connectivity index (χ0v) is 14.7. The predicted molar refractivity (Wildman–Crippen MR) is 84.2 cm³/mol. The first-order chi connectivity index (χ1) is 11.6. The SMILES string of the molecule is CN(Cc1cc(Br)ccc1OC(F)F)Cc1nccn1CC(F)(F)F. The minimum absolute atomic E-state index is 0.0173. The lowest BCUT2D eigenvalue weighted by Gasteiger charge is -2.20. The van der Waals surface area contributed by atoms with Crippen LogP contribution in [0.15, 0.2) is 35.1 Å². The number of alkyl halides is 5.